The number of hydrogen-bond donors (Lipinski definition) is 0. The van der Waals surface area contributed by atoms with Gasteiger partial charge in [-0.2, -0.15) is 4.99 Å². The maximum absolute atomic E-state index is 12.8. The second-order valence-corrected chi connectivity index (χ2v) is 9.88. The molecule has 3 nitrogen and oxygen atoms in total. The lowest BCUT2D eigenvalue weighted by molar-refractivity contribution is 0.0997. The highest BCUT2D eigenvalue weighted by Gasteiger charge is 2.15. The third-order valence-corrected chi connectivity index (χ3v) is 6.23. The average Bonchev–Trinajstić information content (AvgIpc) is 2.96. The van der Waals surface area contributed by atoms with Gasteiger partial charge in [-0.1, -0.05) is 61.0 Å². The lowest BCUT2D eigenvalue weighted by Gasteiger charge is -2.18. The molecule has 2 aromatic carbocycles. The second kappa shape index (κ2) is 8.18. The predicted octanol–water partition coefficient (Wildman–Crippen LogP) is 6.35. The number of carbonyl (C=O) groups is 1. The van der Waals surface area contributed by atoms with Gasteiger partial charge in [-0.15, -0.1) is 11.3 Å². The van der Waals surface area contributed by atoms with Crippen molar-refractivity contribution in [2.75, 3.05) is 0 Å². The third-order valence-electron chi connectivity index (χ3n) is 4.71. The van der Waals surface area contributed by atoms with Crippen LogP contribution >= 0.6 is 27.3 Å². The van der Waals surface area contributed by atoms with E-state index in [-0.39, 0.29) is 11.3 Å². The van der Waals surface area contributed by atoms with Gasteiger partial charge in [0.25, 0.3) is 5.91 Å². The van der Waals surface area contributed by atoms with Gasteiger partial charge in [0.05, 0.1) is 5.69 Å². The Morgan fingerprint density at radius 3 is 2.21 bits per heavy atom. The Morgan fingerprint density at radius 1 is 1.07 bits per heavy atom. The smallest absolute Gasteiger partial charge is 0.279 e. The molecule has 0 unspecified atom stereocenters. The molecule has 0 atom stereocenters. The molecule has 5 heteroatoms. The molecule has 3 aromatic rings. The minimum absolute atomic E-state index is 0.0639. The second-order valence-electron chi connectivity index (χ2n) is 7.78. The molecule has 1 aromatic heterocycles. The van der Waals surface area contributed by atoms with Gasteiger partial charge in [-0.3, -0.25) is 4.79 Å². The molecular formula is C23H25BrN2OS. The highest BCUT2D eigenvalue weighted by atomic mass is 79.9. The van der Waals surface area contributed by atoms with Gasteiger partial charge in [0.15, 0.2) is 4.80 Å². The number of hydrogen-bond acceptors (Lipinski definition) is 2. The Balaban J connectivity index is 2.01. The number of aromatic nitrogens is 1. The Bertz CT molecular complexity index is 1050. The monoisotopic (exact) mass is 456 g/mol. The summed E-state index contributed by atoms with van der Waals surface area (Å²) >= 11 is 5.04. The SMILES string of the molecule is CCn1c(-c2ccc(Br)cc2)c(C)sc1=NC(=O)c1ccc(C(C)(C)C)cc1. The normalized spacial score (nSPS) is 12.4. The molecule has 0 saturated carbocycles. The first-order chi connectivity index (χ1) is 13.2. The zero-order valence-corrected chi connectivity index (χ0v) is 19.3. The van der Waals surface area contributed by atoms with E-state index in [1.807, 2.05) is 36.4 Å². The minimum atomic E-state index is -0.203. The summed E-state index contributed by atoms with van der Waals surface area (Å²) < 4.78 is 3.16. The van der Waals surface area contributed by atoms with Crippen LogP contribution < -0.4 is 4.80 Å². The fourth-order valence-electron chi connectivity index (χ4n) is 3.13. The predicted molar refractivity (Wildman–Crippen MR) is 121 cm³/mol. The summed E-state index contributed by atoms with van der Waals surface area (Å²) in [7, 11) is 0. The van der Waals surface area contributed by atoms with Crippen molar-refractivity contribution >= 4 is 33.2 Å². The Hall–Kier alpha value is -1.98. The van der Waals surface area contributed by atoms with E-state index in [0.717, 1.165) is 32.0 Å². The van der Waals surface area contributed by atoms with Crippen LogP contribution in [-0.2, 0) is 12.0 Å². The van der Waals surface area contributed by atoms with Crippen LogP contribution in [0.2, 0.25) is 0 Å². The van der Waals surface area contributed by atoms with Gasteiger partial charge in [0, 0.05) is 21.5 Å². The molecule has 0 saturated heterocycles. The number of halogens is 1. The summed E-state index contributed by atoms with van der Waals surface area (Å²) in [6, 6.07) is 16.0. The first-order valence-corrected chi connectivity index (χ1v) is 11.0. The molecule has 1 amide bonds. The van der Waals surface area contributed by atoms with E-state index >= 15 is 0 Å². The summed E-state index contributed by atoms with van der Waals surface area (Å²) in [4.78, 5) is 19.1. The van der Waals surface area contributed by atoms with Crippen molar-refractivity contribution in [1.82, 2.24) is 4.57 Å². The summed E-state index contributed by atoms with van der Waals surface area (Å²) in [6.07, 6.45) is 0. The number of carbonyl (C=O) groups excluding carboxylic acids is 1. The van der Waals surface area contributed by atoms with Crippen molar-refractivity contribution < 1.29 is 4.79 Å². The fraction of sp³-hybridized carbons (Fsp3) is 0.304. The van der Waals surface area contributed by atoms with E-state index in [1.165, 1.54) is 5.56 Å². The first-order valence-electron chi connectivity index (χ1n) is 9.36. The molecule has 0 fully saturated rings. The van der Waals surface area contributed by atoms with Gasteiger partial charge in [0.2, 0.25) is 0 Å². The van der Waals surface area contributed by atoms with Crippen LogP contribution in [0.15, 0.2) is 58.0 Å². The lowest BCUT2D eigenvalue weighted by Crippen LogP contribution is -2.17. The largest absolute Gasteiger partial charge is 0.316 e. The molecule has 0 aliphatic heterocycles. The third kappa shape index (κ3) is 4.36. The fourth-order valence-corrected chi connectivity index (χ4v) is 4.46. The standard InChI is InChI=1S/C23H25BrN2OS/c1-6-26-20(16-9-13-19(24)14-10-16)15(2)28-22(26)25-21(27)17-7-11-18(12-8-17)23(3,4)5/h7-14H,6H2,1-5H3. The van der Waals surface area contributed by atoms with E-state index in [9.17, 15) is 4.79 Å². The molecule has 0 radical (unpaired) electrons. The van der Waals surface area contributed by atoms with E-state index < -0.39 is 0 Å². The number of rotatable bonds is 3. The molecule has 0 bridgehead atoms. The number of aryl methyl sites for hydroxylation is 1. The summed E-state index contributed by atoms with van der Waals surface area (Å²) in [5.41, 5.74) is 4.13. The first kappa shape index (κ1) is 20.7. The molecule has 1 heterocycles. The van der Waals surface area contributed by atoms with Crippen LogP contribution in [0.4, 0.5) is 0 Å². The number of nitrogens with zero attached hydrogens (tertiary/aromatic N) is 2. The average molecular weight is 457 g/mol. The van der Waals surface area contributed by atoms with E-state index in [2.05, 4.69) is 72.2 Å². The summed E-state index contributed by atoms with van der Waals surface area (Å²) in [5.74, 6) is -0.203. The molecular weight excluding hydrogens is 432 g/mol. The summed E-state index contributed by atoms with van der Waals surface area (Å²) in [6.45, 7) is 11.4. The molecule has 146 valence electrons. The van der Waals surface area contributed by atoms with Crippen LogP contribution in [0, 0.1) is 6.92 Å². The molecule has 0 N–H and O–H groups in total. The van der Waals surface area contributed by atoms with Crippen LogP contribution in [0.1, 0.15) is 48.5 Å². The van der Waals surface area contributed by atoms with E-state index in [0.29, 0.717) is 5.56 Å². The van der Waals surface area contributed by atoms with Crippen LogP contribution in [0.3, 0.4) is 0 Å². The number of benzene rings is 2. The molecule has 28 heavy (non-hydrogen) atoms. The zero-order chi connectivity index (χ0) is 20.5. The molecule has 0 spiro atoms. The molecule has 3 rings (SSSR count). The van der Waals surface area contributed by atoms with Crippen molar-refractivity contribution in [1.29, 1.82) is 0 Å². The Labute approximate surface area is 178 Å². The van der Waals surface area contributed by atoms with Crippen molar-refractivity contribution in [3.05, 3.63) is 73.8 Å². The van der Waals surface area contributed by atoms with E-state index in [1.54, 1.807) is 11.3 Å². The van der Waals surface area contributed by atoms with Gasteiger partial charge < -0.3 is 4.57 Å². The van der Waals surface area contributed by atoms with Crippen molar-refractivity contribution in [2.24, 2.45) is 4.99 Å². The Kier molecular flexibility index (Phi) is 6.06. The van der Waals surface area contributed by atoms with Crippen molar-refractivity contribution in [3.63, 3.8) is 0 Å². The van der Waals surface area contributed by atoms with Crippen molar-refractivity contribution in [3.8, 4) is 11.3 Å². The number of thiazole rings is 1. The lowest BCUT2D eigenvalue weighted by atomic mass is 9.87. The molecule has 0 aliphatic rings. The van der Waals surface area contributed by atoms with E-state index in [4.69, 9.17) is 0 Å². The maximum atomic E-state index is 12.8. The number of amides is 1. The minimum Gasteiger partial charge on any atom is -0.316 e. The van der Waals surface area contributed by atoms with Gasteiger partial charge in [-0.05, 0) is 54.7 Å². The van der Waals surface area contributed by atoms with Crippen LogP contribution in [0.5, 0.6) is 0 Å². The highest BCUT2D eigenvalue weighted by molar-refractivity contribution is 9.10. The topological polar surface area (TPSA) is 34.4 Å². The highest BCUT2D eigenvalue weighted by Crippen LogP contribution is 2.27. The van der Waals surface area contributed by atoms with Crippen LogP contribution in [0.25, 0.3) is 11.3 Å². The van der Waals surface area contributed by atoms with Crippen molar-refractivity contribution in [2.45, 2.75) is 46.6 Å². The van der Waals surface area contributed by atoms with Gasteiger partial charge in [-0.25, -0.2) is 0 Å². The van der Waals surface area contributed by atoms with Gasteiger partial charge in [0.1, 0.15) is 0 Å². The van der Waals surface area contributed by atoms with Crippen LogP contribution in [-0.4, -0.2) is 10.5 Å². The molecule has 0 aliphatic carbocycles. The zero-order valence-electron chi connectivity index (χ0n) is 16.9. The maximum Gasteiger partial charge on any atom is 0.279 e. The quantitative estimate of drug-likeness (QED) is 0.452. The summed E-state index contributed by atoms with van der Waals surface area (Å²) in [5, 5.41) is 0. The Morgan fingerprint density at radius 2 is 1.68 bits per heavy atom. The van der Waals surface area contributed by atoms with Gasteiger partial charge >= 0.3 is 0 Å².